The topological polar surface area (TPSA) is 131 Å². The van der Waals surface area contributed by atoms with Gasteiger partial charge in [0.1, 0.15) is 17.8 Å². The molecule has 12 nitrogen and oxygen atoms in total. The van der Waals surface area contributed by atoms with Crippen LogP contribution < -0.4 is 14.2 Å². The van der Waals surface area contributed by atoms with Crippen molar-refractivity contribution in [2.75, 3.05) is 18.9 Å². The summed E-state index contributed by atoms with van der Waals surface area (Å²) in [6, 6.07) is 6.15. The average molecular weight is 567 g/mol. The fourth-order valence-corrected chi connectivity index (χ4v) is 4.96. The van der Waals surface area contributed by atoms with Crippen molar-refractivity contribution in [2.24, 2.45) is 7.05 Å². The van der Waals surface area contributed by atoms with E-state index in [0.29, 0.717) is 45.8 Å². The molecule has 1 N–H and O–H groups in total. The Hall–Kier alpha value is -3.97. The maximum absolute atomic E-state index is 5.96. The van der Waals surface area contributed by atoms with Gasteiger partial charge in [-0.2, -0.15) is 15.1 Å². The Morgan fingerprint density at radius 1 is 1.00 bits per heavy atom. The Morgan fingerprint density at radius 2 is 1.69 bits per heavy atom. The van der Waals surface area contributed by atoms with Gasteiger partial charge in [-0.05, 0) is 31.0 Å². The zero-order chi connectivity index (χ0) is 27.7. The van der Waals surface area contributed by atoms with Crippen LogP contribution in [0.4, 0.5) is 5.95 Å². The lowest BCUT2D eigenvalue weighted by Crippen LogP contribution is -2.15. The number of methoxy groups -OCH3 is 2. The first-order valence-corrected chi connectivity index (χ1v) is 13.3. The second kappa shape index (κ2) is 11.0. The van der Waals surface area contributed by atoms with Crippen LogP contribution in [-0.4, -0.2) is 64.0 Å². The number of fused-ring (bicyclic) bond motifs is 1. The van der Waals surface area contributed by atoms with Gasteiger partial charge in [0.25, 0.3) is 0 Å². The van der Waals surface area contributed by atoms with Crippen molar-refractivity contribution in [1.29, 1.82) is 0 Å². The molecule has 2 atom stereocenters. The molecule has 0 radical (unpaired) electrons. The van der Waals surface area contributed by atoms with Crippen molar-refractivity contribution in [3.05, 3.63) is 53.3 Å². The summed E-state index contributed by atoms with van der Waals surface area (Å²) in [4.78, 5) is 17.4. The Kier molecular flexibility index (Phi) is 7.53. The molecule has 0 aliphatic heterocycles. The van der Waals surface area contributed by atoms with Crippen molar-refractivity contribution in [3.63, 3.8) is 0 Å². The van der Waals surface area contributed by atoms with Crippen molar-refractivity contribution in [1.82, 2.24) is 44.5 Å². The van der Waals surface area contributed by atoms with Gasteiger partial charge in [0.15, 0.2) is 11.5 Å². The van der Waals surface area contributed by atoms with Crippen molar-refractivity contribution < 1.29 is 9.47 Å². The van der Waals surface area contributed by atoms with E-state index >= 15 is 0 Å². The maximum Gasteiger partial charge on any atom is 0.245 e. The van der Waals surface area contributed by atoms with Crippen LogP contribution >= 0.6 is 23.5 Å². The summed E-state index contributed by atoms with van der Waals surface area (Å²) in [7, 11) is 4.96. The Balaban J connectivity index is 1.60. The highest BCUT2D eigenvalue weighted by molar-refractivity contribution is 8.01. The fourth-order valence-electron chi connectivity index (χ4n) is 4.11. The van der Waals surface area contributed by atoms with Gasteiger partial charge in [-0.25, -0.2) is 14.5 Å². The van der Waals surface area contributed by atoms with Crippen molar-refractivity contribution in [3.8, 4) is 29.0 Å². The average Bonchev–Trinajstić information content (AvgIpc) is 3.50. The summed E-state index contributed by atoms with van der Waals surface area (Å²) in [5.41, 5.74) is 3.15. The van der Waals surface area contributed by atoms with Gasteiger partial charge < -0.3 is 9.47 Å². The minimum Gasteiger partial charge on any atom is -0.479 e. The number of nitrogens with one attached hydrogen (secondary N) is 1. The number of benzene rings is 1. The number of aromatic nitrogens is 9. The predicted molar refractivity (Wildman–Crippen MR) is 151 cm³/mol. The molecule has 0 aliphatic carbocycles. The SMILES string of the molecule is COc1ncnc(OC)c1-n1c(NSC(C)C(C)c2ncc(Cl)cn2)nnc1-c1nn(C)c2ccc(C)cc12. The van der Waals surface area contributed by atoms with Crippen LogP contribution in [0.2, 0.25) is 5.02 Å². The first-order chi connectivity index (χ1) is 18.8. The number of aryl methyl sites for hydroxylation is 2. The highest BCUT2D eigenvalue weighted by Gasteiger charge is 2.28. The lowest BCUT2D eigenvalue weighted by molar-refractivity contribution is 0.368. The number of ether oxygens (including phenoxy) is 2. The lowest BCUT2D eigenvalue weighted by Gasteiger charge is -2.19. The van der Waals surface area contributed by atoms with E-state index in [9.17, 15) is 0 Å². The quantitative estimate of drug-likeness (QED) is 0.250. The van der Waals surface area contributed by atoms with Crippen molar-refractivity contribution >= 4 is 40.4 Å². The van der Waals surface area contributed by atoms with Crippen LogP contribution in [0.15, 0.2) is 36.9 Å². The number of nitrogens with zero attached hydrogens (tertiary/aromatic N) is 9. The van der Waals surface area contributed by atoms with Crippen LogP contribution in [-0.2, 0) is 7.05 Å². The zero-order valence-corrected chi connectivity index (χ0v) is 23.8. The molecule has 39 heavy (non-hydrogen) atoms. The molecule has 0 bridgehead atoms. The summed E-state index contributed by atoms with van der Waals surface area (Å²) in [5.74, 6) is 2.19. The first-order valence-electron chi connectivity index (χ1n) is 12.0. The minimum atomic E-state index is 0.0162. The van der Waals surface area contributed by atoms with Gasteiger partial charge in [-0.15, -0.1) is 10.2 Å². The number of halogens is 1. The van der Waals surface area contributed by atoms with E-state index in [1.807, 2.05) is 30.8 Å². The van der Waals surface area contributed by atoms with Gasteiger partial charge in [-0.3, -0.25) is 9.40 Å². The number of rotatable bonds is 9. The molecule has 4 heterocycles. The third kappa shape index (κ3) is 5.06. The first kappa shape index (κ1) is 26.6. The Labute approximate surface area is 234 Å². The molecule has 1 aromatic carbocycles. The van der Waals surface area contributed by atoms with E-state index in [2.05, 4.69) is 54.8 Å². The molecule has 202 valence electrons. The van der Waals surface area contributed by atoms with Gasteiger partial charge >= 0.3 is 0 Å². The Morgan fingerprint density at radius 3 is 2.36 bits per heavy atom. The van der Waals surface area contributed by atoms with Crippen LogP contribution in [0.25, 0.3) is 28.1 Å². The van der Waals surface area contributed by atoms with E-state index in [1.54, 1.807) is 17.0 Å². The van der Waals surface area contributed by atoms with Gasteiger partial charge in [0.05, 0.1) is 24.8 Å². The Bertz CT molecular complexity index is 1600. The lowest BCUT2D eigenvalue weighted by atomic mass is 10.1. The molecule has 0 fully saturated rings. The van der Waals surface area contributed by atoms with E-state index in [1.165, 1.54) is 32.5 Å². The second-order valence-corrected chi connectivity index (χ2v) is 10.5. The molecule has 0 saturated heterocycles. The molecule has 14 heteroatoms. The van der Waals surface area contributed by atoms with Gasteiger partial charge in [0, 0.05) is 36.0 Å². The highest BCUT2D eigenvalue weighted by Crippen LogP contribution is 2.38. The van der Waals surface area contributed by atoms with Crippen LogP contribution in [0.1, 0.15) is 31.2 Å². The molecular formula is C25H27ClN10O2S. The van der Waals surface area contributed by atoms with E-state index in [4.69, 9.17) is 26.2 Å². The summed E-state index contributed by atoms with van der Waals surface area (Å²) in [6.45, 7) is 6.16. The van der Waals surface area contributed by atoms with Crippen molar-refractivity contribution in [2.45, 2.75) is 31.9 Å². The van der Waals surface area contributed by atoms with E-state index < -0.39 is 0 Å². The van der Waals surface area contributed by atoms with Gasteiger partial charge in [-0.1, -0.05) is 37.1 Å². The summed E-state index contributed by atoms with van der Waals surface area (Å²) >= 11 is 7.42. The molecular weight excluding hydrogens is 540 g/mol. The van der Waals surface area contributed by atoms with Crippen LogP contribution in [0.5, 0.6) is 11.8 Å². The highest BCUT2D eigenvalue weighted by atomic mass is 35.5. The van der Waals surface area contributed by atoms with E-state index in [0.717, 1.165) is 16.5 Å². The third-order valence-corrected chi connectivity index (χ3v) is 7.61. The third-order valence-electron chi connectivity index (χ3n) is 6.33. The molecule has 0 saturated carbocycles. The molecule has 0 amide bonds. The predicted octanol–water partition coefficient (Wildman–Crippen LogP) is 4.63. The summed E-state index contributed by atoms with van der Waals surface area (Å²) in [5, 5.41) is 15.3. The number of anilines is 1. The number of hydrogen-bond acceptors (Lipinski definition) is 11. The monoisotopic (exact) mass is 566 g/mol. The molecule has 0 spiro atoms. The maximum atomic E-state index is 5.96. The van der Waals surface area contributed by atoms with Crippen LogP contribution in [0.3, 0.4) is 0 Å². The number of hydrogen-bond donors (Lipinski definition) is 1. The zero-order valence-electron chi connectivity index (χ0n) is 22.2. The largest absolute Gasteiger partial charge is 0.479 e. The fraction of sp³-hybridized carbons (Fsp3) is 0.320. The van der Waals surface area contributed by atoms with E-state index in [-0.39, 0.29) is 11.2 Å². The molecule has 5 rings (SSSR count). The molecule has 4 aromatic heterocycles. The van der Waals surface area contributed by atoms with Crippen LogP contribution in [0, 0.1) is 6.92 Å². The summed E-state index contributed by atoms with van der Waals surface area (Å²) in [6.07, 6.45) is 4.57. The molecule has 5 aromatic rings. The smallest absolute Gasteiger partial charge is 0.245 e. The normalized spacial score (nSPS) is 12.9. The molecule has 2 unspecified atom stereocenters. The standard InChI is InChI=1S/C25H27ClN10O2S/c1-13-7-8-18-17(9-13)19(33-35(18)4)22-31-32-25(36(22)20-23(37-5)29-12-30-24(20)38-6)34-39-15(3)14(2)21-27-10-16(26)11-28-21/h7-12,14-15H,1-6H3,(H,32,34). The summed E-state index contributed by atoms with van der Waals surface area (Å²) < 4.78 is 18.2. The van der Waals surface area contributed by atoms with Gasteiger partial charge in [0.2, 0.25) is 17.7 Å². The minimum absolute atomic E-state index is 0.0162. The molecule has 0 aliphatic rings. The second-order valence-electron chi connectivity index (χ2n) is 8.89.